The van der Waals surface area contributed by atoms with E-state index in [4.69, 9.17) is 5.73 Å². The van der Waals surface area contributed by atoms with Crippen molar-refractivity contribution in [3.63, 3.8) is 0 Å². The summed E-state index contributed by atoms with van der Waals surface area (Å²) >= 11 is 0. The lowest BCUT2D eigenvalue weighted by atomic mass is 10.1. The number of nitrogens with two attached hydrogens (primary N) is 1. The molecule has 0 spiro atoms. The lowest BCUT2D eigenvalue weighted by molar-refractivity contribution is 0.235. The van der Waals surface area contributed by atoms with Crippen molar-refractivity contribution >= 4 is 0 Å². The Kier molecular flexibility index (Phi) is 5.43. The Balaban J connectivity index is 2.43. The molecule has 16 heavy (non-hydrogen) atoms. The zero-order valence-electron chi connectivity index (χ0n) is 10.1. The molecule has 1 aromatic carbocycles. The summed E-state index contributed by atoms with van der Waals surface area (Å²) in [5.41, 5.74) is 6.63. The summed E-state index contributed by atoms with van der Waals surface area (Å²) in [6.07, 6.45) is 2.16. The second-order valence-corrected chi connectivity index (χ2v) is 4.32. The van der Waals surface area contributed by atoms with Gasteiger partial charge in [-0.15, -0.1) is 0 Å². The predicted molar refractivity (Wildman–Crippen MR) is 65.6 cm³/mol. The van der Waals surface area contributed by atoms with E-state index in [2.05, 4.69) is 18.9 Å². The maximum absolute atomic E-state index is 12.7. The molecule has 2 N–H and O–H groups in total. The van der Waals surface area contributed by atoms with Gasteiger partial charge in [0.15, 0.2) is 0 Å². The van der Waals surface area contributed by atoms with Crippen molar-refractivity contribution in [2.45, 2.75) is 32.4 Å². The summed E-state index contributed by atoms with van der Waals surface area (Å²) in [5.74, 6) is -0.178. The fraction of sp³-hybridized carbons (Fsp3) is 0.538. The lowest BCUT2D eigenvalue weighted by Gasteiger charge is -2.24. The highest BCUT2D eigenvalue weighted by atomic mass is 19.1. The highest BCUT2D eigenvalue weighted by Gasteiger charge is 2.08. The van der Waals surface area contributed by atoms with Crippen molar-refractivity contribution in [3.05, 3.63) is 35.6 Å². The molecule has 1 atom stereocenters. The molecule has 0 aliphatic carbocycles. The molecule has 0 saturated heterocycles. The zero-order valence-corrected chi connectivity index (χ0v) is 10.1. The molecule has 0 aliphatic rings. The average molecular weight is 224 g/mol. The van der Waals surface area contributed by atoms with Gasteiger partial charge in [-0.1, -0.05) is 12.1 Å². The summed E-state index contributed by atoms with van der Waals surface area (Å²) in [5, 5.41) is 0. The first kappa shape index (κ1) is 13.1. The largest absolute Gasteiger partial charge is 0.330 e. The molecule has 0 saturated carbocycles. The van der Waals surface area contributed by atoms with Gasteiger partial charge in [0.05, 0.1) is 0 Å². The molecular weight excluding hydrogens is 203 g/mol. The number of halogens is 1. The van der Waals surface area contributed by atoms with Gasteiger partial charge in [-0.05, 0) is 51.1 Å². The fourth-order valence-corrected chi connectivity index (χ4v) is 1.67. The first-order valence-corrected chi connectivity index (χ1v) is 5.78. The molecule has 0 radical (unpaired) electrons. The van der Waals surface area contributed by atoms with Crippen LogP contribution in [0.4, 0.5) is 4.39 Å². The molecular formula is C13H21FN2. The molecule has 0 heterocycles. The smallest absolute Gasteiger partial charge is 0.123 e. The van der Waals surface area contributed by atoms with E-state index in [9.17, 15) is 4.39 Å². The number of nitrogens with zero attached hydrogens (tertiary/aromatic N) is 1. The normalized spacial score (nSPS) is 13.1. The molecule has 1 unspecified atom stereocenters. The first-order chi connectivity index (χ1) is 7.63. The van der Waals surface area contributed by atoms with Gasteiger partial charge in [-0.2, -0.15) is 0 Å². The summed E-state index contributed by atoms with van der Waals surface area (Å²) in [6, 6.07) is 7.19. The van der Waals surface area contributed by atoms with Gasteiger partial charge in [-0.3, -0.25) is 4.90 Å². The highest BCUT2D eigenvalue weighted by molar-refractivity contribution is 5.15. The fourth-order valence-electron chi connectivity index (χ4n) is 1.67. The second-order valence-electron chi connectivity index (χ2n) is 4.32. The topological polar surface area (TPSA) is 29.3 Å². The van der Waals surface area contributed by atoms with Crippen LogP contribution in [0, 0.1) is 5.82 Å². The number of hydrogen-bond acceptors (Lipinski definition) is 2. The van der Waals surface area contributed by atoms with Crippen LogP contribution in [0.3, 0.4) is 0 Å². The number of hydrogen-bond donors (Lipinski definition) is 1. The van der Waals surface area contributed by atoms with Crippen LogP contribution in [-0.4, -0.2) is 24.5 Å². The van der Waals surface area contributed by atoms with Crippen LogP contribution in [0.25, 0.3) is 0 Å². The Bertz CT molecular complexity index is 297. The van der Waals surface area contributed by atoms with E-state index in [1.165, 1.54) is 12.1 Å². The van der Waals surface area contributed by atoms with E-state index in [-0.39, 0.29) is 5.82 Å². The van der Waals surface area contributed by atoms with Crippen LogP contribution < -0.4 is 5.73 Å². The van der Waals surface area contributed by atoms with Crippen LogP contribution in [0.1, 0.15) is 25.3 Å². The van der Waals surface area contributed by atoms with Crippen LogP contribution in [-0.2, 0) is 6.54 Å². The van der Waals surface area contributed by atoms with Gasteiger partial charge >= 0.3 is 0 Å². The molecule has 3 heteroatoms. The minimum Gasteiger partial charge on any atom is -0.330 e. The first-order valence-electron chi connectivity index (χ1n) is 5.78. The van der Waals surface area contributed by atoms with E-state index in [1.807, 2.05) is 12.1 Å². The van der Waals surface area contributed by atoms with E-state index in [0.29, 0.717) is 6.04 Å². The van der Waals surface area contributed by atoms with E-state index in [0.717, 1.165) is 31.5 Å². The van der Waals surface area contributed by atoms with Crippen molar-refractivity contribution in [3.8, 4) is 0 Å². The molecule has 90 valence electrons. The van der Waals surface area contributed by atoms with Gasteiger partial charge in [0, 0.05) is 12.6 Å². The van der Waals surface area contributed by atoms with Crippen LogP contribution >= 0.6 is 0 Å². The zero-order chi connectivity index (χ0) is 12.0. The van der Waals surface area contributed by atoms with Crippen molar-refractivity contribution < 1.29 is 4.39 Å². The van der Waals surface area contributed by atoms with Crippen molar-refractivity contribution in [2.24, 2.45) is 5.73 Å². The van der Waals surface area contributed by atoms with Crippen LogP contribution in [0.2, 0.25) is 0 Å². The standard InChI is InChI=1S/C13H21FN2/c1-11(4-3-9-15)16(2)10-12-5-7-13(14)8-6-12/h5-8,11H,3-4,9-10,15H2,1-2H3. The Morgan fingerprint density at radius 2 is 1.94 bits per heavy atom. The van der Waals surface area contributed by atoms with Gasteiger partial charge < -0.3 is 5.73 Å². The Morgan fingerprint density at radius 1 is 1.31 bits per heavy atom. The monoisotopic (exact) mass is 224 g/mol. The lowest BCUT2D eigenvalue weighted by Crippen LogP contribution is -2.29. The molecule has 1 aromatic rings. The van der Waals surface area contributed by atoms with Gasteiger partial charge in [0.1, 0.15) is 5.82 Å². The third-order valence-electron chi connectivity index (χ3n) is 2.92. The maximum atomic E-state index is 12.7. The van der Waals surface area contributed by atoms with Crippen molar-refractivity contribution in [1.82, 2.24) is 4.90 Å². The van der Waals surface area contributed by atoms with Crippen molar-refractivity contribution in [1.29, 1.82) is 0 Å². The molecule has 0 bridgehead atoms. The molecule has 1 rings (SSSR count). The van der Waals surface area contributed by atoms with Crippen molar-refractivity contribution in [2.75, 3.05) is 13.6 Å². The Morgan fingerprint density at radius 3 is 2.50 bits per heavy atom. The molecule has 2 nitrogen and oxygen atoms in total. The summed E-state index contributed by atoms with van der Waals surface area (Å²) in [6.45, 7) is 3.79. The van der Waals surface area contributed by atoms with E-state index < -0.39 is 0 Å². The van der Waals surface area contributed by atoms with E-state index in [1.54, 1.807) is 0 Å². The number of benzene rings is 1. The third-order valence-corrected chi connectivity index (χ3v) is 2.92. The molecule has 0 aliphatic heterocycles. The Labute approximate surface area is 97.3 Å². The van der Waals surface area contributed by atoms with Gasteiger partial charge in [0.2, 0.25) is 0 Å². The van der Waals surface area contributed by atoms with Gasteiger partial charge in [0.25, 0.3) is 0 Å². The van der Waals surface area contributed by atoms with Gasteiger partial charge in [-0.25, -0.2) is 4.39 Å². The van der Waals surface area contributed by atoms with Crippen LogP contribution in [0.15, 0.2) is 24.3 Å². The molecule has 0 aromatic heterocycles. The second kappa shape index (κ2) is 6.61. The predicted octanol–water partition coefficient (Wildman–Crippen LogP) is 2.38. The average Bonchev–Trinajstić information content (AvgIpc) is 2.29. The summed E-state index contributed by atoms with van der Waals surface area (Å²) < 4.78 is 12.7. The third kappa shape index (κ3) is 4.29. The maximum Gasteiger partial charge on any atom is 0.123 e. The Hall–Kier alpha value is -0.930. The molecule has 0 amide bonds. The van der Waals surface area contributed by atoms with E-state index >= 15 is 0 Å². The summed E-state index contributed by atoms with van der Waals surface area (Å²) in [7, 11) is 2.09. The molecule has 0 fully saturated rings. The summed E-state index contributed by atoms with van der Waals surface area (Å²) in [4.78, 5) is 2.27. The highest BCUT2D eigenvalue weighted by Crippen LogP contribution is 2.10. The SMILES string of the molecule is CC(CCCN)N(C)Cc1ccc(F)cc1. The minimum absolute atomic E-state index is 0.178. The van der Waals surface area contributed by atoms with Crippen LogP contribution in [0.5, 0.6) is 0 Å². The number of rotatable bonds is 6. The quantitative estimate of drug-likeness (QED) is 0.804. The minimum atomic E-state index is -0.178.